The summed E-state index contributed by atoms with van der Waals surface area (Å²) in [6.07, 6.45) is -1.31. The number of rotatable bonds is 4. The Balaban J connectivity index is 2.07. The van der Waals surface area contributed by atoms with Crippen LogP contribution in [0.5, 0.6) is 0 Å². The van der Waals surface area contributed by atoms with Crippen molar-refractivity contribution in [2.75, 3.05) is 13.2 Å². The average Bonchev–Trinajstić information content (AvgIpc) is 2.81. The van der Waals surface area contributed by atoms with Gasteiger partial charge in [-0.05, 0) is 6.07 Å². The first-order chi connectivity index (χ1) is 8.97. The maximum atomic E-state index is 11.9. The van der Waals surface area contributed by atoms with E-state index in [1.807, 2.05) is 0 Å². The molecule has 9 heteroatoms. The second-order valence-corrected chi connectivity index (χ2v) is 3.70. The summed E-state index contributed by atoms with van der Waals surface area (Å²) in [4.78, 5) is 14.6. The summed E-state index contributed by atoms with van der Waals surface area (Å²) < 4.78 is 35.7. The average molecular weight is 272 g/mol. The molecule has 19 heavy (non-hydrogen) atoms. The van der Waals surface area contributed by atoms with Gasteiger partial charge >= 0.3 is 6.18 Å². The van der Waals surface area contributed by atoms with Crippen LogP contribution in [0.4, 0.5) is 13.2 Å². The Morgan fingerprint density at radius 3 is 2.95 bits per heavy atom. The van der Waals surface area contributed by atoms with Crippen molar-refractivity contribution >= 4 is 17.0 Å². The van der Waals surface area contributed by atoms with Crippen LogP contribution in [0.25, 0.3) is 11.2 Å². The quantitative estimate of drug-likeness (QED) is 0.435. The van der Waals surface area contributed by atoms with E-state index in [1.165, 1.54) is 12.5 Å². The molecule has 0 aliphatic rings. The number of aromatic nitrogens is 3. The number of pyridine rings is 1. The molecule has 0 aromatic carbocycles. The molecule has 6 nitrogen and oxygen atoms in total. The molecule has 0 bridgehead atoms. The number of nitrogens with zero attached hydrogens (tertiary/aromatic N) is 3. The summed E-state index contributed by atoms with van der Waals surface area (Å²) in [5.41, 5.74) is 7.34. The van der Waals surface area contributed by atoms with E-state index in [2.05, 4.69) is 25.3 Å². The lowest BCUT2D eigenvalue weighted by Gasteiger charge is -2.06. The van der Waals surface area contributed by atoms with Crippen LogP contribution in [0.15, 0.2) is 23.6 Å². The second kappa shape index (κ2) is 5.22. The molecule has 0 radical (unpaired) electrons. The lowest BCUT2D eigenvalue weighted by atomic mass is 10.2. The lowest BCUT2D eigenvalue weighted by Crippen LogP contribution is -2.30. The van der Waals surface area contributed by atoms with Gasteiger partial charge in [0.1, 0.15) is 5.84 Å². The number of nitrogens with one attached hydrogen (secondary N) is 2. The number of imidazole rings is 1. The van der Waals surface area contributed by atoms with Gasteiger partial charge < -0.3 is 10.7 Å². The van der Waals surface area contributed by atoms with Crippen LogP contribution in [-0.2, 0) is 0 Å². The summed E-state index contributed by atoms with van der Waals surface area (Å²) in [6, 6.07) is 1.61. The zero-order valence-corrected chi connectivity index (χ0v) is 9.70. The van der Waals surface area contributed by atoms with Crippen molar-refractivity contribution < 1.29 is 13.2 Å². The van der Waals surface area contributed by atoms with E-state index in [-0.39, 0.29) is 12.5 Å². The molecule has 2 aromatic rings. The normalized spacial score (nSPS) is 13.1. The Hall–Kier alpha value is -2.16. The summed E-state index contributed by atoms with van der Waals surface area (Å²) in [5.74, 6) is 0.117. The molecule has 4 N–H and O–H groups in total. The standard InChI is InChI=1S/C10H11F3N6/c11-10(12,13)3-15-4-18-8(14)6-1-2-16-9-7(6)17-5-19-9/h1-2,5,15H,3-4H2,(H2,14,18)(H,16,17,19). The predicted octanol–water partition coefficient (Wildman–Crippen LogP) is 0.773. The topological polar surface area (TPSA) is 92.0 Å². The third-order valence-electron chi connectivity index (χ3n) is 2.29. The molecule has 0 saturated carbocycles. The molecular weight excluding hydrogens is 261 g/mol. The molecule has 0 atom stereocenters. The fourth-order valence-corrected chi connectivity index (χ4v) is 1.49. The van der Waals surface area contributed by atoms with Crippen molar-refractivity contribution in [3.63, 3.8) is 0 Å². The van der Waals surface area contributed by atoms with Crippen molar-refractivity contribution in [1.82, 2.24) is 20.3 Å². The number of nitrogens with two attached hydrogens (primary N) is 1. The molecule has 0 aliphatic carbocycles. The second-order valence-electron chi connectivity index (χ2n) is 3.70. The fourth-order valence-electron chi connectivity index (χ4n) is 1.49. The van der Waals surface area contributed by atoms with E-state index < -0.39 is 12.7 Å². The minimum absolute atomic E-state index is 0.117. The molecule has 0 amide bonds. The van der Waals surface area contributed by atoms with Gasteiger partial charge in [0.05, 0.1) is 25.1 Å². The van der Waals surface area contributed by atoms with Gasteiger partial charge in [-0.3, -0.25) is 10.3 Å². The Kier molecular flexibility index (Phi) is 3.65. The zero-order chi connectivity index (χ0) is 13.9. The molecule has 0 unspecified atom stereocenters. The van der Waals surface area contributed by atoms with Gasteiger partial charge in [-0.1, -0.05) is 0 Å². The summed E-state index contributed by atoms with van der Waals surface area (Å²) in [6.45, 7) is -1.33. The Bertz CT molecular complexity index is 588. The summed E-state index contributed by atoms with van der Waals surface area (Å²) >= 11 is 0. The molecular formula is C10H11F3N6. The van der Waals surface area contributed by atoms with Crippen molar-refractivity contribution in [2.45, 2.75) is 6.18 Å². The third kappa shape index (κ3) is 3.41. The molecule has 0 aliphatic heterocycles. The van der Waals surface area contributed by atoms with Gasteiger partial charge in [0.15, 0.2) is 5.65 Å². The molecule has 0 saturated heterocycles. The number of hydrogen-bond acceptors (Lipinski definition) is 4. The van der Waals surface area contributed by atoms with Crippen LogP contribution >= 0.6 is 0 Å². The number of aliphatic imine (C=N–C) groups is 1. The van der Waals surface area contributed by atoms with Crippen molar-refractivity contribution in [1.29, 1.82) is 0 Å². The number of fused-ring (bicyclic) bond motifs is 1. The Morgan fingerprint density at radius 2 is 2.21 bits per heavy atom. The minimum Gasteiger partial charge on any atom is -0.383 e. The molecule has 2 aromatic heterocycles. The van der Waals surface area contributed by atoms with E-state index in [1.54, 1.807) is 6.07 Å². The zero-order valence-electron chi connectivity index (χ0n) is 9.70. The monoisotopic (exact) mass is 272 g/mol. The first-order valence-corrected chi connectivity index (χ1v) is 5.33. The SMILES string of the molecule is NC(=NCNCC(F)(F)F)c1ccnc2nc[nH]c12. The number of H-pyrrole nitrogens is 1. The fraction of sp³-hybridized carbons (Fsp3) is 0.300. The van der Waals surface area contributed by atoms with Gasteiger partial charge in [0.25, 0.3) is 0 Å². The third-order valence-corrected chi connectivity index (χ3v) is 2.29. The molecule has 102 valence electrons. The van der Waals surface area contributed by atoms with Crippen LogP contribution in [-0.4, -0.2) is 40.2 Å². The van der Waals surface area contributed by atoms with Crippen LogP contribution in [0.1, 0.15) is 5.56 Å². The molecule has 2 heterocycles. The smallest absolute Gasteiger partial charge is 0.383 e. The first kappa shape index (κ1) is 13.3. The highest BCUT2D eigenvalue weighted by Gasteiger charge is 2.25. The van der Waals surface area contributed by atoms with Crippen LogP contribution < -0.4 is 11.1 Å². The van der Waals surface area contributed by atoms with Gasteiger partial charge in [0.2, 0.25) is 0 Å². The molecule has 2 rings (SSSR count). The van der Waals surface area contributed by atoms with Crippen LogP contribution in [0.2, 0.25) is 0 Å². The van der Waals surface area contributed by atoms with Crippen molar-refractivity contribution in [3.8, 4) is 0 Å². The van der Waals surface area contributed by atoms with Gasteiger partial charge in [-0.2, -0.15) is 13.2 Å². The molecule has 0 fully saturated rings. The Morgan fingerprint density at radius 1 is 1.42 bits per heavy atom. The van der Waals surface area contributed by atoms with Gasteiger partial charge in [-0.25, -0.2) is 9.97 Å². The summed E-state index contributed by atoms with van der Waals surface area (Å²) in [7, 11) is 0. The number of halogens is 3. The summed E-state index contributed by atoms with van der Waals surface area (Å²) in [5, 5.41) is 2.13. The number of alkyl halides is 3. The lowest BCUT2D eigenvalue weighted by molar-refractivity contribution is -0.124. The van der Waals surface area contributed by atoms with E-state index in [0.717, 1.165) is 0 Å². The predicted molar refractivity (Wildman–Crippen MR) is 63.5 cm³/mol. The van der Waals surface area contributed by atoms with E-state index >= 15 is 0 Å². The van der Waals surface area contributed by atoms with Crippen molar-refractivity contribution in [2.24, 2.45) is 10.7 Å². The molecule has 0 spiro atoms. The minimum atomic E-state index is -4.27. The number of aromatic amines is 1. The van der Waals surface area contributed by atoms with E-state index in [4.69, 9.17) is 5.73 Å². The van der Waals surface area contributed by atoms with Gasteiger partial charge in [0, 0.05) is 11.8 Å². The maximum absolute atomic E-state index is 11.9. The van der Waals surface area contributed by atoms with E-state index in [0.29, 0.717) is 16.7 Å². The van der Waals surface area contributed by atoms with E-state index in [9.17, 15) is 13.2 Å². The highest BCUT2D eigenvalue weighted by molar-refractivity contribution is 6.06. The number of hydrogen-bond donors (Lipinski definition) is 3. The number of amidine groups is 1. The first-order valence-electron chi connectivity index (χ1n) is 5.33. The Labute approximate surface area is 106 Å². The van der Waals surface area contributed by atoms with Crippen LogP contribution in [0.3, 0.4) is 0 Å². The largest absolute Gasteiger partial charge is 0.401 e. The van der Waals surface area contributed by atoms with Gasteiger partial charge in [-0.15, -0.1) is 0 Å². The van der Waals surface area contributed by atoms with Crippen LogP contribution in [0, 0.1) is 0 Å². The highest BCUT2D eigenvalue weighted by Crippen LogP contribution is 2.12. The highest BCUT2D eigenvalue weighted by atomic mass is 19.4. The van der Waals surface area contributed by atoms with Crippen molar-refractivity contribution in [3.05, 3.63) is 24.2 Å². The maximum Gasteiger partial charge on any atom is 0.401 e.